The molecule has 1 aromatic heterocycles. The van der Waals surface area contributed by atoms with Crippen LogP contribution in [0.15, 0.2) is 59.1 Å². The van der Waals surface area contributed by atoms with Crippen molar-refractivity contribution in [3.8, 4) is 10.6 Å². The molecule has 0 radical (unpaired) electrons. The number of aromatic nitrogens is 2. The van der Waals surface area contributed by atoms with Crippen molar-refractivity contribution in [3.05, 3.63) is 64.6 Å². The van der Waals surface area contributed by atoms with E-state index in [1.807, 2.05) is 54.6 Å². The standard InChI is InChI=1S/C24H27BrN4O2S/c1-2-3-4-8-14-21(30)26-20(15-17-10-6-5-7-11-17)22(31)27-24-29-28-23(32-24)18-12-9-13-19(25)16-18/h5-7,9-13,16,20H,2-4,8,14-15H2,1H3,(H,26,30)(H,27,29,31). The van der Waals surface area contributed by atoms with Gasteiger partial charge in [0.05, 0.1) is 0 Å². The molecule has 0 spiro atoms. The Labute approximate surface area is 201 Å². The zero-order valence-corrected chi connectivity index (χ0v) is 20.4. The van der Waals surface area contributed by atoms with E-state index in [4.69, 9.17) is 0 Å². The van der Waals surface area contributed by atoms with Crippen LogP contribution in [0.3, 0.4) is 0 Å². The summed E-state index contributed by atoms with van der Waals surface area (Å²) in [6.07, 6.45) is 4.90. The third-order valence-corrected chi connectivity index (χ3v) is 6.30. The van der Waals surface area contributed by atoms with Gasteiger partial charge in [-0.15, -0.1) is 10.2 Å². The molecule has 32 heavy (non-hydrogen) atoms. The van der Waals surface area contributed by atoms with Gasteiger partial charge in [-0.3, -0.25) is 14.9 Å². The maximum Gasteiger partial charge on any atom is 0.249 e. The summed E-state index contributed by atoms with van der Waals surface area (Å²) in [5.41, 5.74) is 1.89. The molecule has 1 unspecified atom stereocenters. The molecule has 8 heteroatoms. The maximum absolute atomic E-state index is 13.0. The predicted octanol–water partition coefficient (Wildman–Crippen LogP) is 5.60. The Morgan fingerprint density at radius 2 is 1.84 bits per heavy atom. The van der Waals surface area contributed by atoms with E-state index in [1.165, 1.54) is 11.3 Å². The Hall–Kier alpha value is -2.58. The minimum atomic E-state index is -0.686. The first-order chi connectivity index (χ1) is 15.5. The number of carbonyl (C=O) groups is 2. The highest BCUT2D eigenvalue weighted by Gasteiger charge is 2.22. The number of anilines is 1. The summed E-state index contributed by atoms with van der Waals surface area (Å²) in [4.78, 5) is 25.5. The minimum absolute atomic E-state index is 0.107. The highest BCUT2D eigenvalue weighted by molar-refractivity contribution is 9.10. The number of amides is 2. The van der Waals surface area contributed by atoms with E-state index in [-0.39, 0.29) is 11.8 Å². The first-order valence-corrected chi connectivity index (χ1v) is 12.4. The van der Waals surface area contributed by atoms with Gasteiger partial charge in [0.1, 0.15) is 11.0 Å². The molecule has 3 aromatic rings. The van der Waals surface area contributed by atoms with Gasteiger partial charge in [0, 0.05) is 22.9 Å². The number of hydrogen-bond donors (Lipinski definition) is 2. The Morgan fingerprint density at radius 1 is 1.03 bits per heavy atom. The van der Waals surface area contributed by atoms with Crippen LogP contribution in [0, 0.1) is 0 Å². The van der Waals surface area contributed by atoms with E-state index in [0.717, 1.165) is 41.3 Å². The molecule has 1 heterocycles. The fourth-order valence-corrected chi connectivity index (χ4v) is 4.38. The van der Waals surface area contributed by atoms with Crippen molar-refractivity contribution >= 4 is 44.2 Å². The van der Waals surface area contributed by atoms with Crippen molar-refractivity contribution in [3.63, 3.8) is 0 Å². The second-order valence-corrected chi connectivity index (χ2v) is 9.43. The SMILES string of the molecule is CCCCCCC(=O)NC(Cc1ccccc1)C(=O)Nc1nnc(-c2cccc(Br)c2)s1. The largest absolute Gasteiger partial charge is 0.344 e. The van der Waals surface area contributed by atoms with E-state index in [9.17, 15) is 9.59 Å². The Bertz CT molecular complexity index is 1030. The van der Waals surface area contributed by atoms with Gasteiger partial charge in [0.2, 0.25) is 16.9 Å². The molecule has 2 N–H and O–H groups in total. The molecule has 1 atom stereocenters. The average molecular weight is 515 g/mol. The van der Waals surface area contributed by atoms with Crippen LogP contribution in [0.2, 0.25) is 0 Å². The molecule has 0 aliphatic rings. The number of hydrogen-bond acceptors (Lipinski definition) is 5. The molecule has 0 saturated heterocycles. The normalized spacial score (nSPS) is 11.7. The number of nitrogens with one attached hydrogen (secondary N) is 2. The third-order valence-electron chi connectivity index (χ3n) is 4.92. The fraction of sp³-hybridized carbons (Fsp3) is 0.333. The van der Waals surface area contributed by atoms with Gasteiger partial charge >= 0.3 is 0 Å². The van der Waals surface area contributed by atoms with Crippen LogP contribution in [0.5, 0.6) is 0 Å². The number of unbranched alkanes of at least 4 members (excludes halogenated alkanes) is 3. The number of rotatable bonds is 11. The van der Waals surface area contributed by atoms with Crippen molar-refractivity contribution in [1.82, 2.24) is 15.5 Å². The first kappa shape index (κ1) is 24.1. The van der Waals surface area contributed by atoms with Gasteiger partial charge in [-0.25, -0.2) is 0 Å². The Morgan fingerprint density at radius 3 is 2.59 bits per heavy atom. The van der Waals surface area contributed by atoms with Crippen molar-refractivity contribution in [2.75, 3.05) is 5.32 Å². The lowest BCUT2D eigenvalue weighted by atomic mass is 10.0. The quantitative estimate of drug-likeness (QED) is 0.326. The lowest BCUT2D eigenvalue weighted by Gasteiger charge is -2.18. The van der Waals surface area contributed by atoms with E-state index < -0.39 is 6.04 Å². The molecule has 168 valence electrons. The van der Waals surface area contributed by atoms with Crippen molar-refractivity contribution < 1.29 is 9.59 Å². The second kappa shape index (κ2) is 12.5. The lowest BCUT2D eigenvalue weighted by molar-refractivity contribution is -0.126. The molecule has 6 nitrogen and oxygen atoms in total. The fourth-order valence-electron chi connectivity index (χ4n) is 3.24. The van der Waals surface area contributed by atoms with Crippen molar-refractivity contribution in [2.24, 2.45) is 0 Å². The van der Waals surface area contributed by atoms with Gasteiger partial charge < -0.3 is 5.32 Å². The smallest absolute Gasteiger partial charge is 0.249 e. The first-order valence-electron chi connectivity index (χ1n) is 10.8. The summed E-state index contributed by atoms with van der Waals surface area (Å²) in [6.45, 7) is 2.13. The zero-order chi connectivity index (χ0) is 22.8. The van der Waals surface area contributed by atoms with Gasteiger partial charge in [-0.05, 0) is 24.1 Å². The zero-order valence-electron chi connectivity index (χ0n) is 18.0. The monoisotopic (exact) mass is 514 g/mol. The van der Waals surface area contributed by atoms with Crippen LogP contribution in [0.4, 0.5) is 5.13 Å². The summed E-state index contributed by atoms with van der Waals surface area (Å²) in [6, 6.07) is 16.7. The maximum atomic E-state index is 13.0. The molecule has 0 aliphatic heterocycles. The van der Waals surface area contributed by atoms with Crippen LogP contribution in [0.25, 0.3) is 10.6 Å². The molecular formula is C24H27BrN4O2S. The van der Waals surface area contributed by atoms with E-state index in [1.54, 1.807) is 0 Å². The van der Waals surface area contributed by atoms with E-state index in [0.29, 0.717) is 23.0 Å². The molecule has 0 saturated carbocycles. The van der Waals surface area contributed by atoms with E-state index >= 15 is 0 Å². The van der Waals surface area contributed by atoms with Crippen LogP contribution < -0.4 is 10.6 Å². The molecule has 3 rings (SSSR count). The number of nitrogens with zero attached hydrogens (tertiary/aromatic N) is 2. The highest BCUT2D eigenvalue weighted by atomic mass is 79.9. The Kier molecular flexibility index (Phi) is 9.37. The number of halogens is 1. The van der Waals surface area contributed by atoms with Crippen molar-refractivity contribution in [2.45, 2.75) is 51.5 Å². The summed E-state index contributed by atoms with van der Waals surface area (Å²) in [7, 11) is 0. The molecule has 0 bridgehead atoms. The van der Waals surface area contributed by atoms with Crippen LogP contribution in [-0.2, 0) is 16.0 Å². The van der Waals surface area contributed by atoms with Crippen LogP contribution in [-0.4, -0.2) is 28.1 Å². The molecule has 0 fully saturated rings. The molecular weight excluding hydrogens is 488 g/mol. The van der Waals surface area contributed by atoms with E-state index in [2.05, 4.69) is 43.7 Å². The third kappa shape index (κ3) is 7.53. The van der Waals surface area contributed by atoms with Gasteiger partial charge in [-0.2, -0.15) is 0 Å². The topological polar surface area (TPSA) is 84.0 Å². The van der Waals surface area contributed by atoms with Crippen molar-refractivity contribution in [1.29, 1.82) is 0 Å². The van der Waals surface area contributed by atoms with Gasteiger partial charge in [-0.1, -0.05) is 95.9 Å². The summed E-state index contributed by atoms with van der Waals surface area (Å²) in [5.74, 6) is -0.406. The lowest BCUT2D eigenvalue weighted by Crippen LogP contribution is -2.45. The number of benzene rings is 2. The summed E-state index contributed by atoms with van der Waals surface area (Å²) >= 11 is 4.75. The highest BCUT2D eigenvalue weighted by Crippen LogP contribution is 2.28. The van der Waals surface area contributed by atoms with Gasteiger partial charge in [0.15, 0.2) is 0 Å². The molecule has 2 amide bonds. The van der Waals surface area contributed by atoms with Gasteiger partial charge in [0.25, 0.3) is 0 Å². The van der Waals surface area contributed by atoms with Crippen LogP contribution >= 0.6 is 27.3 Å². The number of carbonyl (C=O) groups excluding carboxylic acids is 2. The molecule has 2 aromatic carbocycles. The summed E-state index contributed by atoms with van der Waals surface area (Å²) < 4.78 is 0.945. The minimum Gasteiger partial charge on any atom is -0.344 e. The summed E-state index contributed by atoms with van der Waals surface area (Å²) in [5, 5.41) is 15.1. The Balaban J connectivity index is 1.67. The predicted molar refractivity (Wildman–Crippen MR) is 133 cm³/mol. The second-order valence-electron chi connectivity index (χ2n) is 7.53. The average Bonchev–Trinajstić information content (AvgIpc) is 3.25. The molecule has 0 aliphatic carbocycles. The van der Waals surface area contributed by atoms with Crippen LogP contribution in [0.1, 0.15) is 44.6 Å².